The second kappa shape index (κ2) is 7.19. The molecule has 0 bridgehead atoms. The van der Waals surface area contributed by atoms with Gasteiger partial charge in [-0.3, -0.25) is 4.79 Å². The monoisotopic (exact) mass is 372 g/mol. The fourth-order valence-corrected chi connectivity index (χ4v) is 4.14. The summed E-state index contributed by atoms with van der Waals surface area (Å²) in [4.78, 5) is 21.7. The Bertz CT molecular complexity index is 856. The minimum atomic E-state index is -0.512. The van der Waals surface area contributed by atoms with Gasteiger partial charge in [0.05, 0.1) is 13.2 Å². The largest absolute Gasteiger partial charge is 0.355 e. The predicted octanol–water partition coefficient (Wildman–Crippen LogP) is 2.03. The lowest BCUT2D eigenvalue weighted by Crippen LogP contribution is -2.50. The number of piperidine rings is 1. The molecule has 4 rings (SSSR count). The third kappa shape index (κ3) is 3.38. The van der Waals surface area contributed by atoms with E-state index < -0.39 is 5.79 Å². The molecule has 0 aliphatic carbocycles. The number of hydrogen-bond donors (Lipinski definition) is 1. The summed E-state index contributed by atoms with van der Waals surface area (Å²) in [6, 6.07) is 4.01. The number of anilines is 1. The summed E-state index contributed by atoms with van der Waals surface area (Å²) in [6.45, 7) is 2.72. The SMILES string of the molecule is N#Cc1c(N2CCC3(CC2)OCCCO3)nc(Cc2ccsc2)[nH]c1=O. The van der Waals surface area contributed by atoms with Gasteiger partial charge in [0.25, 0.3) is 5.56 Å². The van der Waals surface area contributed by atoms with Crippen molar-refractivity contribution in [3.63, 3.8) is 0 Å². The Morgan fingerprint density at radius 3 is 2.77 bits per heavy atom. The van der Waals surface area contributed by atoms with E-state index in [9.17, 15) is 10.1 Å². The van der Waals surface area contributed by atoms with Crippen LogP contribution in [-0.2, 0) is 15.9 Å². The van der Waals surface area contributed by atoms with Crippen LogP contribution in [0, 0.1) is 11.3 Å². The van der Waals surface area contributed by atoms with Crippen molar-refractivity contribution in [1.82, 2.24) is 9.97 Å². The van der Waals surface area contributed by atoms with E-state index in [1.165, 1.54) is 0 Å². The maximum Gasteiger partial charge on any atom is 0.271 e. The summed E-state index contributed by atoms with van der Waals surface area (Å²) in [5.74, 6) is 0.530. The normalized spacial score (nSPS) is 19.4. The lowest BCUT2D eigenvalue weighted by Gasteiger charge is -2.43. The Morgan fingerprint density at radius 1 is 1.35 bits per heavy atom. The fourth-order valence-electron chi connectivity index (χ4n) is 3.47. The van der Waals surface area contributed by atoms with Gasteiger partial charge in [-0.05, 0) is 28.8 Å². The summed E-state index contributed by atoms with van der Waals surface area (Å²) in [5.41, 5.74) is 0.782. The number of H-pyrrole nitrogens is 1. The van der Waals surface area contributed by atoms with Crippen LogP contribution >= 0.6 is 11.3 Å². The predicted molar refractivity (Wildman–Crippen MR) is 97.4 cm³/mol. The second-order valence-electron chi connectivity index (χ2n) is 6.58. The Balaban J connectivity index is 1.58. The van der Waals surface area contributed by atoms with Crippen LogP contribution in [0.3, 0.4) is 0 Å². The van der Waals surface area contributed by atoms with E-state index in [2.05, 4.69) is 9.97 Å². The topological polar surface area (TPSA) is 91.2 Å². The molecular formula is C18H20N4O3S. The van der Waals surface area contributed by atoms with Crippen LogP contribution in [0.15, 0.2) is 21.6 Å². The van der Waals surface area contributed by atoms with E-state index in [0.717, 1.165) is 25.2 Å². The van der Waals surface area contributed by atoms with Crippen molar-refractivity contribution < 1.29 is 9.47 Å². The molecule has 136 valence electrons. The van der Waals surface area contributed by atoms with Crippen molar-refractivity contribution in [2.24, 2.45) is 0 Å². The van der Waals surface area contributed by atoms with Crippen LogP contribution in [0.25, 0.3) is 0 Å². The van der Waals surface area contributed by atoms with Gasteiger partial charge in [0.1, 0.15) is 11.9 Å². The Morgan fingerprint density at radius 2 is 2.12 bits per heavy atom. The summed E-state index contributed by atoms with van der Waals surface area (Å²) >= 11 is 1.60. The molecule has 1 spiro atoms. The van der Waals surface area contributed by atoms with E-state index in [4.69, 9.17) is 9.47 Å². The molecule has 2 aromatic rings. The zero-order valence-corrected chi connectivity index (χ0v) is 15.2. The van der Waals surface area contributed by atoms with E-state index in [1.54, 1.807) is 11.3 Å². The van der Waals surface area contributed by atoms with Crippen LogP contribution in [-0.4, -0.2) is 42.1 Å². The summed E-state index contributed by atoms with van der Waals surface area (Å²) in [7, 11) is 0. The lowest BCUT2D eigenvalue weighted by atomic mass is 10.0. The first-order valence-electron chi connectivity index (χ1n) is 8.76. The van der Waals surface area contributed by atoms with Crippen molar-refractivity contribution in [3.8, 4) is 6.07 Å². The molecule has 2 aromatic heterocycles. The Hall–Kier alpha value is -2.21. The molecule has 8 heteroatoms. The highest BCUT2D eigenvalue weighted by Gasteiger charge is 2.39. The van der Waals surface area contributed by atoms with E-state index in [-0.39, 0.29) is 11.1 Å². The minimum absolute atomic E-state index is 0.0699. The summed E-state index contributed by atoms with van der Waals surface area (Å²) < 4.78 is 11.7. The van der Waals surface area contributed by atoms with Crippen molar-refractivity contribution in [2.75, 3.05) is 31.2 Å². The van der Waals surface area contributed by atoms with Crippen molar-refractivity contribution in [2.45, 2.75) is 31.5 Å². The smallest absolute Gasteiger partial charge is 0.271 e. The molecule has 2 aliphatic heterocycles. The Labute approximate surface area is 155 Å². The van der Waals surface area contributed by atoms with Gasteiger partial charge in [0.2, 0.25) is 0 Å². The zero-order chi connectivity index (χ0) is 18.0. The average molecular weight is 372 g/mol. The van der Waals surface area contributed by atoms with Crippen LogP contribution in [0.5, 0.6) is 0 Å². The number of hydrogen-bond acceptors (Lipinski definition) is 7. The van der Waals surface area contributed by atoms with Gasteiger partial charge in [-0.15, -0.1) is 0 Å². The van der Waals surface area contributed by atoms with Crippen molar-refractivity contribution in [1.29, 1.82) is 5.26 Å². The third-order valence-corrected chi connectivity index (χ3v) is 5.59. The number of nitrogens with one attached hydrogen (secondary N) is 1. The number of rotatable bonds is 3. The molecule has 2 fully saturated rings. The molecular weight excluding hydrogens is 352 g/mol. The number of thiophene rings is 1. The van der Waals surface area contributed by atoms with Crippen molar-refractivity contribution in [3.05, 3.63) is 44.1 Å². The fraction of sp³-hybridized carbons (Fsp3) is 0.500. The number of aromatic amines is 1. The number of nitriles is 1. The summed E-state index contributed by atoms with van der Waals surface area (Å²) in [6.07, 6.45) is 2.87. The Kier molecular flexibility index (Phi) is 4.76. The van der Waals surface area contributed by atoms with Gasteiger partial charge in [-0.2, -0.15) is 16.6 Å². The molecule has 0 radical (unpaired) electrons. The van der Waals surface area contributed by atoms with Crippen LogP contribution in [0.2, 0.25) is 0 Å². The van der Waals surface area contributed by atoms with Gasteiger partial charge < -0.3 is 19.4 Å². The summed E-state index contributed by atoms with van der Waals surface area (Å²) in [5, 5.41) is 13.5. The first-order chi connectivity index (χ1) is 12.7. The molecule has 0 unspecified atom stereocenters. The second-order valence-corrected chi connectivity index (χ2v) is 7.36. The van der Waals surface area contributed by atoms with Gasteiger partial charge in [-0.1, -0.05) is 0 Å². The molecule has 0 atom stereocenters. The molecule has 2 saturated heterocycles. The van der Waals surface area contributed by atoms with E-state index in [1.807, 2.05) is 27.8 Å². The molecule has 26 heavy (non-hydrogen) atoms. The molecule has 0 amide bonds. The van der Waals surface area contributed by atoms with E-state index >= 15 is 0 Å². The first-order valence-corrected chi connectivity index (χ1v) is 9.71. The number of ether oxygens (including phenoxy) is 2. The minimum Gasteiger partial charge on any atom is -0.355 e. The quantitative estimate of drug-likeness (QED) is 0.886. The third-order valence-electron chi connectivity index (χ3n) is 4.86. The maximum absolute atomic E-state index is 12.4. The molecule has 0 aromatic carbocycles. The molecule has 4 heterocycles. The standard InChI is InChI=1S/C18H20N4O3S/c19-11-14-16(20-15(21-17(14)23)10-13-2-9-26-12-13)22-5-3-18(4-6-22)24-7-1-8-25-18/h2,9,12H,1,3-8,10H2,(H,20,21,23). The van der Waals surface area contributed by atoms with Gasteiger partial charge >= 0.3 is 0 Å². The lowest BCUT2D eigenvalue weighted by molar-refractivity contribution is -0.275. The molecule has 2 aliphatic rings. The highest BCUT2D eigenvalue weighted by atomic mass is 32.1. The van der Waals surface area contributed by atoms with Gasteiger partial charge in [0.15, 0.2) is 17.2 Å². The van der Waals surface area contributed by atoms with Crippen LogP contribution in [0.1, 0.15) is 36.2 Å². The zero-order valence-electron chi connectivity index (χ0n) is 14.4. The van der Waals surface area contributed by atoms with Crippen LogP contribution in [0.4, 0.5) is 5.82 Å². The van der Waals surface area contributed by atoms with Crippen molar-refractivity contribution >= 4 is 17.2 Å². The molecule has 0 saturated carbocycles. The van der Waals surface area contributed by atoms with Gasteiger partial charge in [0, 0.05) is 32.4 Å². The first kappa shape index (κ1) is 17.2. The van der Waals surface area contributed by atoms with Crippen LogP contribution < -0.4 is 10.5 Å². The highest BCUT2D eigenvalue weighted by molar-refractivity contribution is 7.07. The molecule has 7 nitrogen and oxygen atoms in total. The number of nitrogens with zero attached hydrogens (tertiary/aromatic N) is 3. The van der Waals surface area contributed by atoms with E-state index in [0.29, 0.717) is 44.0 Å². The average Bonchev–Trinajstić information content (AvgIpc) is 3.16. The highest BCUT2D eigenvalue weighted by Crippen LogP contribution is 2.32. The maximum atomic E-state index is 12.4. The molecule has 1 N–H and O–H groups in total. The van der Waals surface area contributed by atoms with Gasteiger partial charge in [-0.25, -0.2) is 4.98 Å². The number of aromatic nitrogens is 2.